The fourth-order valence-corrected chi connectivity index (χ4v) is 4.09. The summed E-state index contributed by atoms with van der Waals surface area (Å²) in [5.41, 5.74) is 4.54. The van der Waals surface area contributed by atoms with Gasteiger partial charge < -0.3 is 0 Å². The second-order valence-corrected chi connectivity index (χ2v) is 6.51. The Morgan fingerprint density at radius 3 is 1.32 bits per heavy atom. The maximum absolute atomic E-state index is 2.41. The maximum Gasteiger partial charge on any atom is 0.0306 e. The van der Waals surface area contributed by atoms with Gasteiger partial charge in [0, 0.05) is 10.8 Å². The summed E-state index contributed by atoms with van der Waals surface area (Å²) in [4.78, 5) is 0. The van der Waals surface area contributed by atoms with Gasteiger partial charge in [0.1, 0.15) is 0 Å². The van der Waals surface area contributed by atoms with E-state index in [1.54, 1.807) is 0 Å². The second-order valence-electron chi connectivity index (χ2n) is 6.51. The minimum atomic E-state index is 0.0941. The van der Waals surface area contributed by atoms with Crippen molar-refractivity contribution in [3.63, 3.8) is 0 Å². The van der Waals surface area contributed by atoms with Gasteiger partial charge in [0.15, 0.2) is 0 Å². The zero-order chi connectivity index (χ0) is 15.0. The van der Waals surface area contributed by atoms with Crippen molar-refractivity contribution in [2.45, 2.75) is 24.2 Å². The summed E-state index contributed by atoms with van der Waals surface area (Å²) in [7, 11) is 0. The summed E-state index contributed by atoms with van der Waals surface area (Å²) < 4.78 is 0. The van der Waals surface area contributed by atoms with E-state index >= 15 is 0 Å². The Kier molecular flexibility index (Phi) is 2.94. The molecule has 0 bridgehead atoms. The summed E-state index contributed by atoms with van der Waals surface area (Å²) in [6.45, 7) is 2.41. The summed E-state index contributed by atoms with van der Waals surface area (Å²) in [5, 5.41) is 0. The van der Waals surface area contributed by atoms with Gasteiger partial charge in [-0.15, -0.1) is 0 Å². The third-order valence-electron chi connectivity index (χ3n) is 5.38. The van der Waals surface area contributed by atoms with Gasteiger partial charge >= 0.3 is 0 Å². The van der Waals surface area contributed by atoms with Crippen LogP contribution in [-0.4, -0.2) is 0 Å². The highest BCUT2D eigenvalue weighted by molar-refractivity contribution is 5.57. The topological polar surface area (TPSA) is 0 Å². The third kappa shape index (κ3) is 1.77. The molecule has 4 rings (SSSR count). The Balaban J connectivity index is 1.91. The van der Waals surface area contributed by atoms with E-state index in [9.17, 15) is 0 Å². The van der Waals surface area contributed by atoms with E-state index in [4.69, 9.17) is 0 Å². The maximum atomic E-state index is 2.41. The SMILES string of the molecule is C[C@@]1(c2ccccc2)CC1(c1ccccc1)c1ccccc1. The molecule has 0 radical (unpaired) electrons. The first kappa shape index (κ1) is 13.3. The fraction of sp³-hybridized carbons (Fsp3) is 0.182. The van der Waals surface area contributed by atoms with Crippen LogP contribution >= 0.6 is 0 Å². The molecule has 0 aromatic heterocycles. The van der Waals surface area contributed by atoms with Gasteiger partial charge in [0.05, 0.1) is 0 Å². The molecule has 0 amide bonds. The summed E-state index contributed by atoms with van der Waals surface area (Å²) >= 11 is 0. The van der Waals surface area contributed by atoms with Crippen molar-refractivity contribution in [1.82, 2.24) is 0 Å². The minimum absolute atomic E-state index is 0.0941. The molecule has 3 aromatic carbocycles. The van der Waals surface area contributed by atoms with E-state index in [-0.39, 0.29) is 10.8 Å². The fourth-order valence-electron chi connectivity index (χ4n) is 4.09. The first-order valence-electron chi connectivity index (χ1n) is 7.94. The first-order chi connectivity index (χ1) is 10.8. The van der Waals surface area contributed by atoms with Crippen LogP contribution in [-0.2, 0) is 10.8 Å². The molecule has 0 saturated heterocycles. The highest BCUT2D eigenvalue weighted by Gasteiger charge is 2.66. The van der Waals surface area contributed by atoms with Crippen LogP contribution < -0.4 is 0 Å². The van der Waals surface area contributed by atoms with Gasteiger partial charge in [-0.3, -0.25) is 0 Å². The summed E-state index contributed by atoms with van der Waals surface area (Å²) in [5.74, 6) is 0. The standard InChI is InChI=1S/C22H20/c1-21(18-11-5-2-6-12-18)17-22(21,19-13-7-3-8-14-19)20-15-9-4-10-16-20/h2-16H,17H2,1H3/t21-/m0/s1. The lowest BCUT2D eigenvalue weighted by molar-refractivity contribution is 0.652. The van der Waals surface area contributed by atoms with Crippen LogP contribution in [0.4, 0.5) is 0 Å². The van der Waals surface area contributed by atoms with Gasteiger partial charge in [0.25, 0.3) is 0 Å². The molecular formula is C22H20. The summed E-state index contributed by atoms with van der Waals surface area (Å²) in [6.07, 6.45) is 1.16. The highest BCUT2D eigenvalue weighted by atomic mass is 14.7. The smallest absolute Gasteiger partial charge is 0.0306 e. The molecule has 1 aliphatic rings. The zero-order valence-electron chi connectivity index (χ0n) is 12.9. The van der Waals surface area contributed by atoms with Crippen LogP contribution in [0, 0.1) is 0 Å². The van der Waals surface area contributed by atoms with Crippen LogP contribution in [0.5, 0.6) is 0 Å². The largest absolute Gasteiger partial charge is 0.0622 e. The quantitative estimate of drug-likeness (QED) is 0.609. The van der Waals surface area contributed by atoms with Crippen molar-refractivity contribution >= 4 is 0 Å². The van der Waals surface area contributed by atoms with Gasteiger partial charge in [-0.1, -0.05) is 97.9 Å². The number of rotatable bonds is 3. The van der Waals surface area contributed by atoms with Crippen LogP contribution in [0.25, 0.3) is 0 Å². The Labute approximate surface area is 132 Å². The Morgan fingerprint density at radius 2 is 0.909 bits per heavy atom. The molecule has 22 heavy (non-hydrogen) atoms. The van der Waals surface area contributed by atoms with Crippen molar-refractivity contribution in [2.24, 2.45) is 0 Å². The molecule has 108 valence electrons. The molecule has 1 aliphatic carbocycles. The van der Waals surface area contributed by atoms with Crippen LogP contribution in [0.2, 0.25) is 0 Å². The normalized spacial score (nSPS) is 22.2. The molecule has 0 aliphatic heterocycles. The Hall–Kier alpha value is -2.34. The Morgan fingerprint density at radius 1 is 0.545 bits per heavy atom. The molecule has 0 nitrogen and oxygen atoms in total. The van der Waals surface area contributed by atoms with Gasteiger partial charge in [-0.25, -0.2) is 0 Å². The molecule has 0 unspecified atom stereocenters. The molecule has 0 spiro atoms. The molecule has 1 atom stereocenters. The first-order valence-corrected chi connectivity index (χ1v) is 7.94. The van der Waals surface area contributed by atoms with Crippen LogP contribution in [0.1, 0.15) is 30.0 Å². The lowest BCUT2D eigenvalue weighted by Gasteiger charge is -2.25. The third-order valence-corrected chi connectivity index (χ3v) is 5.38. The van der Waals surface area contributed by atoms with Crippen LogP contribution in [0.3, 0.4) is 0 Å². The lowest BCUT2D eigenvalue weighted by Crippen LogP contribution is -2.21. The van der Waals surface area contributed by atoms with E-state index < -0.39 is 0 Å². The van der Waals surface area contributed by atoms with Crippen LogP contribution in [0.15, 0.2) is 91.0 Å². The van der Waals surface area contributed by atoms with Crippen molar-refractivity contribution < 1.29 is 0 Å². The average Bonchev–Trinajstić information content (AvgIpc) is 3.26. The van der Waals surface area contributed by atoms with Gasteiger partial charge in [-0.05, 0) is 23.1 Å². The zero-order valence-corrected chi connectivity index (χ0v) is 12.9. The number of hydrogen-bond acceptors (Lipinski definition) is 0. The average molecular weight is 284 g/mol. The molecule has 0 N–H and O–H groups in total. The van der Waals surface area contributed by atoms with Gasteiger partial charge in [-0.2, -0.15) is 0 Å². The van der Waals surface area contributed by atoms with Gasteiger partial charge in [0.2, 0.25) is 0 Å². The second kappa shape index (κ2) is 4.84. The predicted molar refractivity (Wildman–Crippen MR) is 92.1 cm³/mol. The number of hydrogen-bond donors (Lipinski definition) is 0. The van der Waals surface area contributed by atoms with Crippen molar-refractivity contribution in [3.8, 4) is 0 Å². The molecule has 1 saturated carbocycles. The van der Waals surface area contributed by atoms with E-state index in [0.717, 1.165) is 6.42 Å². The summed E-state index contributed by atoms with van der Waals surface area (Å²) in [6, 6.07) is 32.9. The molecular weight excluding hydrogens is 264 g/mol. The van der Waals surface area contributed by atoms with E-state index in [2.05, 4.69) is 97.9 Å². The highest BCUT2D eigenvalue weighted by Crippen LogP contribution is 2.68. The lowest BCUT2D eigenvalue weighted by atomic mass is 9.78. The van der Waals surface area contributed by atoms with E-state index in [0.29, 0.717) is 0 Å². The molecule has 3 aromatic rings. The molecule has 0 heteroatoms. The molecule has 1 fully saturated rings. The van der Waals surface area contributed by atoms with Crippen molar-refractivity contribution in [3.05, 3.63) is 108 Å². The van der Waals surface area contributed by atoms with E-state index in [1.165, 1.54) is 16.7 Å². The number of benzene rings is 3. The minimum Gasteiger partial charge on any atom is -0.0622 e. The van der Waals surface area contributed by atoms with Crippen molar-refractivity contribution in [1.29, 1.82) is 0 Å². The van der Waals surface area contributed by atoms with Crippen molar-refractivity contribution in [2.75, 3.05) is 0 Å². The Bertz CT molecular complexity index is 719. The van der Waals surface area contributed by atoms with E-state index in [1.807, 2.05) is 0 Å². The predicted octanol–water partition coefficient (Wildman–Crippen LogP) is 5.33. The monoisotopic (exact) mass is 284 g/mol. The molecule has 0 heterocycles.